The summed E-state index contributed by atoms with van der Waals surface area (Å²) in [6.45, 7) is 0.891. The number of amides is 4. The lowest BCUT2D eigenvalue weighted by molar-refractivity contribution is -0.128. The highest BCUT2D eigenvalue weighted by molar-refractivity contribution is 7.89. The van der Waals surface area contributed by atoms with Crippen molar-refractivity contribution in [3.8, 4) is 17.2 Å². The zero-order valence-corrected chi connectivity index (χ0v) is 30.3. The number of phenols is 1. The molecule has 4 aromatic rings. The summed E-state index contributed by atoms with van der Waals surface area (Å²) in [5.41, 5.74) is 7.47. The summed E-state index contributed by atoms with van der Waals surface area (Å²) in [5, 5.41) is 14.1. The molecule has 1 aliphatic heterocycles. The number of nitrogens with one attached hydrogen (secondary N) is 2. The summed E-state index contributed by atoms with van der Waals surface area (Å²) >= 11 is 0. The van der Waals surface area contributed by atoms with Crippen LogP contribution in [-0.4, -0.2) is 95.8 Å². The molecule has 0 spiro atoms. The van der Waals surface area contributed by atoms with Crippen molar-refractivity contribution in [2.45, 2.75) is 74.4 Å². The van der Waals surface area contributed by atoms with Gasteiger partial charge in [0.2, 0.25) is 0 Å². The SMILES string of the molecule is CN(C)C(=O)c1cc(S(=O)(=O)N2C(=O)N(CCCCCNC3CCC(N)CC3)C(=O)C2Cc2c[nH]c3ccccc23)ccc1Oc1ccc(O)cc1. The predicted molar refractivity (Wildman–Crippen MR) is 197 cm³/mol. The van der Waals surface area contributed by atoms with E-state index in [0.29, 0.717) is 28.1 Å². The van der Waals surface area contributed by atoms with Gasteiger partial charge in [-0.25, -0.2) is 17.5 Å². The molecule has 0 bridgehead atoms. The molecule has 2 heterocycles. The average Bonchev–Trinajstić information content (AvgIpc) is 3.65. The minimum absolute atomic E-state index is 0.0251. The Balaban J connectivity index is 1.25. The van der Waals surface area contributed by atoms with Crippen LogP contribution in [0.25, 0.3) is 10.9 Å². The molecule has 1 saturated carbocycles. The number of H-pyrrole nitrogens is 1. The molecule has 1 aromatic heterocycles. The molecule has 4 amide bonds. The Hall–Kier alpha value is -4.92. The molecule has 14 heteroatoms. The highest BCUT2D eigenvalue weighted by Gasteiger charge is 2.51. The van der Waals surface area contributed by atoms with Crippen LogP contribution < -0.4 is 15.8 Å². The zero-order valence-electron chi connectivity index (χ0n) is 29.5. The van der Waals surface area contributed by atoms with E-state index in [1.54, 1.807) is 6.20 Å². The van der Waals surface area contributed by atoms with Crippen molar-refractivity contribution in [1.82, 2.24) is 24.4 Å². The van der Waals surface area contributed by atoms with Gasteiger partial charge >= 0.3 is 6.03 Å². The highest BCUT2D eigenvalue weighted by atomic mass is 32.2. The molecular formula is C38H46N6O7S. The van der Waals surface area contributed by atoms with Crippen LogP contribution in [0, 0.1) is 0 Å². The minimum atomic E-state index is -4.66. The summed E-state index contributed by atoms with van der Waals surface area (Å²) < 4.78 is 35.6. The number of hydrogen-bond donors (Lipinski definition) is 4. The number of phenolic OH excluding ortho intramolecular Hbond substituents is 1. The zero-order chi connectivity index (χ0) is 37.0. The standard InChI is InChI=1S/C38H46N6O7S/c1-42(2)36(46)32-23-30(18-19-35(32)51-29-16-14-28(45)15-17-29)52(49,50)44-34(22-25-24-41-33-9-5-4-8-31(25)33)37(47)43(38(44)48)21-7-3-6-20-40-27-12-10-26(39)11-13-27/h4-5,8-9,14-19,23-24,26-27,34,40-41,45H,3,6-7,10-13,20-22,39H2,1-2H3. The first-order valence-electron chi connectivity index (χ1n) is 17.7. The molecule has 3 aromatic carbocycles. The third-order valence-electron chi connectivity index (χ3n) is 9.81. The fourth-order valence-corrected chi connectivity index (χ4v) is 8.44. The van der Waals surface area contributed by atoms with Crippen LogP contribution in [0.5, 0.6) is 17.2 Å². The van der Waals surface area contributed by atoms with Crippen molar-refractivity contribution in [3.63, 3.8) is 0 Å². The van der Waals surface area contributed by atoms with Crippen LogP contribution in [0.2, 0.25) is 0 Å². The monoisotopic (exact) mass is 730 g/mol. The van der Waals surface area contributed by atoms with Gasteiger partial charge in [0, 0.05) is 56.2 Å². The molecule has 52 heavy (non-hydrogen) atoms. The number of carbonyl (C=O) groups is 3. The van der Waals surface area contributed by atoms with Gasteiger partial charge in [-0.1, -0.05) is 24.6 Å². The van der Waals surface area contributed by atoms with Crippen LogP contribution in [0.1, 0.15) is 60.9 Å². The van der Waals surface area contributed by atoms with E-state index in [-0.39, 0.29) is 41.0 Å². The Morgan fingerprint density at radius 2 is 1.73 bits per heavy atom. The van der Waals surface area contributed by atoms with Gasteiger partial charge in [0.25, 0.3) is 21.8 Å². The number of unbranched alkanes of at least 4 members (excludes halogenated alkanes) is 2. The van der Waals surface area contributed by atoms with Crippen LogP contribution in [0.3, 0.4) is 0 Å². The molecule has 2 fully saturated rings. The summed E-state index contributed by atoms with van der Waals surface area (Å²) in [7, 11) is -1.62. The van der Waals surface area contributed by atoms with Crippen LogP contribution in [-0.2, 0) is 21.2 Å². The number of nitrogens with zero attached hydrogens (tertiary/aromatic N) is 3. The van der Waals surface area contributed by atoms with E-state index >= 15 is 0 Å². The maximum atomic E-state index is 14.5. The molecule has 1 aliphatic carbocycles. The number of aromatic nitrogens is 1. The number of rotatable bonds is 14. The summed E-state index contributed by atoms with van der Waals surface area (Å²) in [6.07, 6.45) is 7.94. The number of aromatic amines is 1. The average molecular weight is 731 g/mol. The Morgan fingerprint density at radius 3 is 2.46 bits per heavy atom. The number of aromatic hydroxyl groups is 1. The topological polar surface area (TPSA) is 178 Å². The van der Waals surface area contributed by atoms with Crippen molar-refractivity contribution in [2.24, 2.45) is 5.73 Å². The number of carbonyl (C=O) groups excluding carboxylic acids is 3. The first-order valence-corrected chi connectivity index (χ1v) is 19.1. The second kappa shape index (κ2) is 15.8. The number of sulfonamides is 1. The molecule has 13 nitrogen and oxygen atoms in total. The van der Waals surface area contributed by atoms with Gasteiger partial charge in [-0.3, -0.25) is 14.5 Å². The first-order chi connectivity index (χ1) is 24.9. The van der Waals surface area contributed by atoms with Gasteiger partial charge in [-0.05, 0) is 99.2 Å². The molecular weight excluding hydrogens is 685 g/mol. The van der Waals surface area contributed by atoms with Gasteiger partial charge in [-0.2, -0.15) is 0 Å². The van der Waals surface area contributed by atoms with Gasteiger partial charge in [-0.15, -0.1) is 0 Å². The molecule has 1 saturated heterocycles. The van der Waals surface area contributed by atoms with Gasteiger partial charge in [0.1, 0.15) is 23.3 Å². The lowest BCUT2D eigenvalue weighted by Crippen LogP contribution is -2.41. The van der Waals surface area contributed by atoms with Gasteiger partial charge in [0.05, 0.1) is 10.5 Å². The largest absolute Gasteiger partial charge is 0.508 e. The third-order valence-corrected chi connectivity index (χ3v) is 11.6. The van der Waals surface area contributed by atoms with E-state index in [4.69, 9.17) is 10.5 Å². The second-order valence-electron chi connectivity index (χ2n) is 13.7. The maximum absolute atomic E-state index is 14.5. The number of hydrogen-bond acceptors (Lipinski definition) is 9. The number of urea groups is 1. The number of fused-ring (bicyclic) bond motifs is 1. The van der Waals surface area contributed by atoms with E-state index in [1.165, 1.54) is 61.5 Å². The fraction of sp³-hybridized carbons (Fsp3) is 0.395. The minimum Gasteiger partial charge on any atom is -0.508 e. The van der Waals surface area contributed by atoms with Crippen molar-refractivity contribution >= 4 is 38.8 Å². The molecule has 6 rings (SSSR count). The Morgan fingerprint density at radius 1 is 1.00 bits per heavy atom. The molecule has 276 valence electrons. The predicted octanol–water partition coefficient (Wildman–Crippen LogP) is 4.96. The fourth-order valence-electron chi connectivity index (χ4n) is 6.90. The van der Waals surface area contributed by atoms with Crippen molar-refractivity contribution in [3.05, 3.63) is 84.1 Å². The molecule has 0 radical (unpaired) electrons. The normalized spacial score (nSPS) is 19.4. The number of ether oxygens (including phenoxy) is 1. The first kappa shape index (κ1) is 36.9. The van der Waals surface area contributed by atoms with E-state index in [0.717, 1.165) is 60.9 Å². The van der Waals surface area contributed by atoms with Crippen LogP contribution >= 0.6 is 0 Å². The number of benzene rings is 3. The van der Waals surface area contributed by atoms with Crippen molar-refractivity contribution in [1.29, 1.82) is 0 Å². The Kier molecular flexibility index (Phi) is 11.2. The smallest absolute Gasteiger partial charge is 0.341 e. The number of imide groups is 1. The molecule has 5 N–H and O–H groups in total. The molecule has 2 aliphatic rings. The maximum Gasteiger partial charge on any atom is 0.341 e. The van der Waals surface area contributed by atoms with E-state index < -0.39 is 33.9 Å². The van der Waals surface area contributed by atoms with E-state index in [2.05, 4.69) is 10.3 Å². The second-order valence-corrected chi connectivity index (χ2v) is 15.5. The Bertz CT molecular complexity index is 2020. The summed E-state index contributed by atoms with van der Waals surface area (Å²) in [5.74, 6) is -0.714. The quantitative estimate of drug-likeness (QED) is 0.103. The van der Waals surface area contributed by atoms with Crippen molar-refractivity contribution < 1.29 is 32.6 Å². The van der Waals surface area contributed by atoms with Crippen LogP contribution in [0.4, 0.5) is 4.79 Å². The molecule has 1 unspecified atom stereocenters. The van der Waals surface area contributed by atoms with E-state index in [1.807, 2.05) is 24.3 Å². The van der Waals surface area contributed by atoms with Gasteiger partial charge < -0.3 is 30.8 Å². The van der Waals surface area contributed by atoms with E-state index in [9.17, 15) is 27.9 Å². The summed E-state index contributed by atoms with van der Waals surface area (Å²) in [4.78, 5) is 46.6. The van der Waals surface area contributed by atoms with Crippen LogP contribution in [0.15, 0.2) is 77.8 Å². The number of nitrogens with two attached hydrogens (primary N) is 1. The van der Waals surface area contributed by atoms with Crippen molar-refractivity contribution in [2.75, 3.05) is 27.2 Å². The third kappa shape index (κ3) is 7.93. The highest BCUT2D eigenvalue weighted by Crippen LogP contribution is 2.34. The number of para-hydroxylation sites is 1. The van der Waals surface area contributed by atoms with Gasteiger partial charge in [0.15, 0.2) is 0 Å². The summed E-state index contributed by atoms with van der Waals surface area (Å²) in [6, 6.07) is 15.6. The Labute approximate surface area is 303 Å². The lowest BCUT2D eigenvalue weighted by atomic mass is 9.92. The lowest BCUT2D eigenvalue weighted by Gasteiger charge is -2.26. The molecule has 1 atom stereocenters.